The molecule has 1 aromatic carbocycles. The summed E-state index contributed by atoms with van der Waals surface area (Å²) in [5, 5.41) is 3.53. The van der Waals surface area contributed by atoms with Crippen LogP contribution in [0.3, 0.4) is 0 Å². The normalized spacial score (nSPS) is 22.1. The second-order valence-electron chi connectivity index (χ2n) is 5.83. The van der Waals surface area contributed by atoms with E-state index in [2.05, 4.69) is 35.7 Å². The van der Waals surface area contributed by atoms with Crippen LogP contribution < -0.4 is 15.0 Å². The van der Waals surface area contributed by atoms with Crippen molar-refractivity contribution in [2.75, 3.05) is 18.0 Å². The Kier molecular flexibility index (Phi) is 4.48. The van der Waals surface area contributed by atoms with E-state index in [0.717, 1.165) is 25.2 Å². The minimum atomic E-state index is -2.78. The number of halogens is 2. The second-order valence-corrected chi connectivity index (χ2v) is 5.83. The van der Waals surface area contributed by atoms with Gasteiger partial charge in [-0.05, 0) is 44.5 Å². The molecule has 0 saturated carbocycles. The molecule has 1 aliphatic heterocycles. The summed E-state index contributed by atoms with van der Waals surface area (Å²) in [7, 11) is 0. The molecular weight excluding hydrogens is 262 g/mol. The molecule has 0 aliphatic carbocycles. The highest BCUT2D eigenvalue weighted by Crippen LogP contribution is 2.27. The van der Waals surface area contributed by atoms with Crippen LogP contribution in [0.15, 0.2) is 24.3 Å². The van der Waals surface area contributed by atoms with Crippen molar-refractivity contribution in [3.63, 3.8) is 0 Å². The van der Waals surface area contributed by atoms with E-state index in [4.69, 9.17) is 0 Å². The van der Waals surface area contributed by atoms with Crippen molar-refractivity contribution >= 4 is 5.69 Å². The highest BCUT2D eigenvalue weighted by Gasteiger charge is 2.31. The van der Waals surface area contributed by atoms with Gasteiger partial charge in [0.05, 0.1) is 0 Å². The second kappa shape index (κ2) is 5.95. The molecule has 1 atom stereocenters. The van der Waals surface area contributed by atoms with Gasteiger partial charge >= 0.3 is 6.61 Å². The minimum absolute atomic E-state index is 0.0455. The standard InChI is InChI=1S/C15H22F2N2O/c1-4-11-9-18-15(2,3)10-19(11)12-5-7-13(8-6-12)20-14(16)17/h5-8,11,14,18H,4,9-10H2,1-3H3. The van der Waals surface area contributed by atoms with Crippen molar-refractivity contribution < 1.29 is 13.5 Å². The zero-order chi connectivity index (χ0) is 14.8. The molecule has 0 aromatic heterocycles. The Balaban J connectivity index is 2.15. The smallest absolute Gasteiger partial charge is 0.387 e. The van der Waals surface area contributed by atoms with E-state index >= 15 is 0 Å². The Hall–Kier alpha value is -1.36. The molecular formula is C15H22F2N2O. The van der Waals surface area contributed by atoms with Crippen molar-refractivity contribution in [3.8, 4) is 5.75 Å². The number of piperazine rings is 1. The van der Waals surface area contributed by atoms with Crippen LogP contribution >= 0.6 is 0 Å². The molecule has 0 amide bonds. The van der Waals surface area contributed by atoms with Gasteiger partial charge in [0.2, 0.25) is 0 Å². The lowest BCUT2D eigenvalue weighted by Gasteiger charge is -2.45. The number of hydrogen-bond acceptors (Lipinski definition) is 3. The Morgan fingerprint density at radius 2 is 2.00 bits per heavy atom. The van der Waals surface area contributed by atoms with Crippen LogP contribution in [0.5, 0.6) is 5.75 Å². The van der Waals surface area contributed by atoms with Crippen molar-refractivity contribution in [2.45, 2.75) is 45.4 Å². The first-order valence-corrected chi connectivity index (χ1v) is 6.98. The first-order chi connectivity index (χ1) is 9.41. The molecule has 1 heterocycles. The predicted octanol–water partition coefficient (Wildman–Crippen LogP) is 3.25. The van der Waals surface area contributed by atoms with Gasteiger partial charge in [-0.25, -0.2) is 0 Å². The van der Waals surface area contributed by atoms with Crippen LogP contribution in [0, 0.1) is 0 Å². The molecule has 1 saturated heterocycles. The van der Waals surface area contributed by atoms with E-state index in [1.165, 1.54) is 0 Å². The molecule has 1 aliphatic rings. The number of nitrogens with zero attached hydrogens (tertiary/aromatic N) is 1. The van der Waals surface area contributed by atoms with E-state index in [1.54, 1.807) is 12.1 Å². The van der Waals surface area contributed by atoms with Gasteiger partial charge in [0.1, 0.15) is 5.75 Å². The highest BCUT2D eigenvalue weighted by molar-refractivity contribution is 5.51. The molecule has 1 fully saturated rings. The molecule has 1 aromatic rings. The van der Waals surface area contributed by atoms with Gasteiger partial charge in [-0.2, -0.15) is 8.78 Å². The zero-order valence-corrected chi connectivity index (χ0v) is 12.2. The fourth-order valence-electron chi connectivity index (χ4n) is 2.60. The van der Waals surface area contributed by atoms with E-state index in [1.807, 2.05) is 12.1 Å². The van der Waals surface area contributed by atoms with Crippen LogP contribution in [0.1, 0.15) is 27.2 Å². The van der Waals surface area contributed by atoms with Crippen molar-refractivity contribution in [2.24, 2.45) is 0 Å². The molecule has 0 bridgehead atoms. The van der Waals surface area contributed by atoms with E-state index in [9.17, 15) is 8.78 Å². The number of ether oxygens (including phenoxy) is 1. The molecule has 1 unspecified atom stereocenters. The van der Waals surface area contributed by atoms with Crippen LogP contribution in [0.4, 0.5) is 14.5 Å². The summed E-state index contributed by atoms with van der Waals surface area (Å²) in [6, 6.07) is 7.32. The topological polar surface area (TPSA) is 24.5 Å². The maximum atomic E-state index is 12.2. The quantitative estimate of drug-likeness (QED) is 0.918. The lowest BCUT2D eigenvalue weighted by atomic mass is 9.97. The number of hydrogen-bond donors (Lipinski definition) is 1. The van der Waals surface area contributed by atoms with E-state index in [-0.39, 0.29) is 11.3 Å². The van der Waals surface area contributed by atoms with Crippen molar-refractivity contribution in [1.82, 2.24) is 5.32 Å². The van der Waals surface area contributed by atoms with Crippen molar-refractivity contribution in [1.29, 1.82) is 0 Å². The third-order valence-electron chi connectivity index (χ3n) is 3.69. The molecule has 1 N–H and O–H groups in total. The fraction of sp³-hybridized carbons (Fsp3) is 0.600. The lowest BCUT2D eigenvalue weighted by molar-refractivity contribution is -0.0498. The number of benzene rings is 1. The first-order valence-electron chi connectivity index (χ1n) is 6.98. The molecule has 112 valence electrons. The van der Waals surface area contributed by atoms with Gasteiger partial charge in [0.15, 0.2) is 0 Å². The lowest BCUT2D eigenvalue weighted by Crippen LogP contribution is -2.61. The minimum Gasteiger partial charge on any atom is -0.435 e. The molecule has 3 nitrogen and oxygen atoms in total. The van der Waals surface area contributed by atoms with Gasteiger partial charge in [0, 0.05) is 30.4 Å². The SMILES string of the molecule is CCC1CNC(C)(C)CN1c1ccc(OC(F)F)cc1. The zero-order valence-electron chi connectivity index (χ0n) is 12.2. The summed E-state index contributed by atoms with van der Waals surface area (Å²) in [5.74, 6) is 0.200. The Morgan fingerprint density at radius 1 is 1.35 bits per heavy atom. The summed E-state index contributed by atoms with van der Waals surface area (Å²) in [5.41, 5.74) is 1.09. The summed E-state index contributed by atoms with van der Waals surface area (Å²) in [4.78, 5) is 2.34. The number of alkyl halides is 2. The summed E-state index contributed by atoms with van der Waals surface area (Å²) >= 11 is 0. The van der Waals surface area contributed by atoms with Crippen LogP contribution in [-0.2, 0) is 0 Å². The maximum Gasteiger partial charge on any atom is 0.387 e. The molecule has 5 heteroatoms. The van der Waals surface area contributed by atoms with Crippen LogP contribution in [0.25, 0.3) is 0 Å². The van der Waals surface area contributed by atoms with Crippen LogP contribution in [0.2, 0.25) is 0 Å². The fourth-order valence-corrected chi connectivity index (χ4v) is 2.60. The van der Waals surface area contributed by atoms with Gasteiger partial charge in [0.25, 0.3) is 0 Å². The number of rotatable bonds is 4. The Bertz CT molecular complexity index is 434. The largest absolute Gasteiger partial charge is 0.435 e. The summed E-state index contributed by atoms with van der Waals surface area (Å²) in [6.45, 7) is 5.54. The molecule has 0 radical (unpaired) electrons. The van der Waals surface area contributed by atoms with Crippen LogP contribution in [-0.4, -0.2) is 31.3 Å². The van der Waals surface area contributed by atoms with E-state index in [0.29, 0.717) is 6.04 Å². The summed E-state index contributed by atoms with van der Waals surface area (Å²) < 4.78 is 28.7. The monoisotopic (exact) mass is 284 g/mol. The highest BCUT2D eigenvalue weighted by atomic mass is 19.3. The maximum absolute atomic E-state index is 12.2. The predicted molar refractivity (Wildman–Crippen MR) is 76.6 cm³/mol. The van der Waals surface area contributed by atoms with Gasteiger partial charge in [-0.3, -0.25) is 0 Å². The average molecular weight is 284 g/mol. The molecule has 2 rings (SSSR count). The molecule has 20 heavy (non-hydrogen) atoms. The third-order valence-corrected chi connectivity index (χ3v) is 3.69. The molecule has 0 spiro atoms. The number of anilines is 1. The third kappa shape index (κ3) is 3.60. The van der Waals surface area contributed by atoms with Gasteiger partial charge in [-0.1, -0.05) is 6.92 Å². The summed E-state index contributed by atoms with van der Waals surface area (Å²) in [6.07, 6.45) is 1.04. The van der Waals surface area contributed by atoms with Gasteiger partial charge < -0.3 is 15.0 Å². The number of nitrogens with one attached hydrogen (secondary N) is 1. The van der Waals surface area contributed by atoms with E-state index < -0.39 is 6.61 Å². The first kappa shape index (κ1) is 15.0. The van der Waals surface area contributed by atoms with Gasteiger partial charge in [-0.15, -0.1) is 0 Å². The average Bonchev–Trinajstić information content (AvgIpc) is 2.38. The Labute approximate surface area is 118 Å². The Morgan fingerprint density at radius 3 is 2.55 bits per heavy atom. The van der Waals surface area contributed by atoms with Crippen molar-refractivity contribution in [3.05, 3.63) is 24.3 Å².